The zero-order valence-corrected chi connectivity index (χ0v) is 32.4. The van der Waals surface area contributed by atoms with E-state index >= 15 is 0 Å². The van der Waals surface area contributed by atoms with E-state index in [-0.39, 0.29) is 11.8 Å². The first-order chi connectivity index (χ1) is 27.1. The molecule has 5 aromatic carbocycles. The summed E-state index contributed by atoms with van der Waals surface area (Å²) >= 11 is 0. The Labute approximate surface area is 326 Å². The van der Waals surface area contributed by atoms with E-state index in [4.69, 9.17) is 28.4 Å². The molecule has 1 heterocycles. The molecule has 1 aliphatic rings. The van der Waals surface area contributed by atoms with E-state index < -0.39 is 6.36 Å². The molecule has 0 unspecified atom stereocenters. The molecule has 1 aliphatic heterocycles. The van der Waals surface area contributed by atoms with Gasteiger partial charge in [-0.25, -0.2) is 0 Å². The van der Waals surface area contributed by atoms with Crippen molar-refractivity contribution in [2.45, 2.75) is 38.3 Å². The smallest absolute Gasteiger partial charge is 0.493 e. The van der Waals surface area contributed by atoms with Crippen molar-refractivity contribution in [3.8, 4) is 62.5 Å². The van der Waals surface area contributed by atoms with E-state index in [1.807, 2.05) is 36.4 Å². The lowest BCUT2D eigenvalue weighted by Gasteiger charge is -2.40. The normalized spacial score (nSPS) is 13.5. The van der Waals surface area contributed by atoms with Crippen LogP contribution in [0.2, 0.25) is 0 Å². The Balaban J connectivity index is 1.22. The molecule has 0 radical (unpaired) electrons. The number of anilines is 1. The summed E-state index contributed by atoms with van der Waals surface area (Å²) in [5.41, 5.74) is 6.87. The summed E-state index contributed by atoms with van der Waals surface area (Å²) in [5, 5.41) is 0. The number of likely N-dealkylation sites (tertiary alicyclic amines) is 1. The van der Waals surface area contributed by atoms with E-state index in [0.717, 1.165) is 66.0 Å². The second-order valence-electron chi connectivity index (χ2n) is 13.4. The summed E-state index contributed by atoms with van der Waals surface area (Å²) in [4.78, 5) is 4.72. The predicted molar refractivity (Wildman–Crippen MR) is 211 cm³/mol. The van der Waals surface area contributed by atoms with Crippen molar-refractivity contribution in [3.63, 3.8) is 0 Å². The third-order valence-corrected chi connectivity index (χ3v) is 10.0. The Kier molecular flexibility index (Phi) is 12.7. The van der Waals surface area contributed by atoms with Crippen LogP contribution in [-0.2, 0) is 13.1 Å². The first-order valence-corrected chi connectivity index (χ1v) is 18.2. The number of hydrogen-bond donors (Lipinski definition) is 0. The van der Waals surface area contributed by atoms with Gasteiger partial charge in [-0.2, -0.15) is 0 Å². The van der Waals surface area contributed by atoms with Gasteiger partial charge in [-0.05, 0) is 107 Å². The van der Waals surface area contributed by atoms with E-state index in [2.05, 4.69) is 50.9 Å². The first kappa shape index (κ1) is 39.9. The monoisotopic (exact) mass is 772 g/mol. The van der Waals surface area contributed by atoms with Crippen LogP contribution < -0.4 is 38.1 Å². The molecule has 12 heteroatoms. The van der Waals surface area contributed by atoms with Gasteiger partial charge in [0, 0.05) is 37.9 Å². The van der Waals surface area contributed by atoms with Gasteiger partial charge < -0.3 is 38.1 Å². The van der Waals surface area contributed by atoms with Gasteiger partial charge >= 0.3 is 6.36 Å². The minimum absolute atomic E-state index is 0.135. The van der Waals surface area contributed by atoms with E-state index in [1.165, 1.54) is 17.7 Å². The molecular formula is C44H47F3N2O7. The fourth-order valence-electron chi connectivity index (χ4n) is 7.31. The SMILES string of the molecule is COc1cc(-c2cccc(CN3CCC(N(Cc4cccc(-c5cc(OC)c(OC)c(OC)c5)c4)c4ccc(OC(F)(F)F)cc4)CC3)c2)cc(OC)c1OC. The third-order valence-electron chi connectivity index (χ3n) is 10.0. The zero-order valence-electron chi connectivity index (χ0n) is 32.4. The Bertz CT molecular complexity index is 2030. The van der Waals surface area contributed by atoms with Gasteiger partial charge in [0.2, 0.25) is 11.5 Å². The molecule has 0 atom stereocenters. The van der Waals surface area contributed by atoms with Gasteiger partial charge in [-0.15, -0.1) is 13.2 Å². The molecule has 0 bridgehead atoms. The maximum atomic E-state index is 13.0. The Morgan fingerprint density at radius 1 is 0.571 bits per heavy atom. The number of benzene rings is 5. The van der Waals surface area contributed by atoms with Crippen molar-refractivity contribution in [2.75, 3.05) is 60.6 Å². The number of ether oxygens (including phenoxy) is 7. The fourth-order valence-corrected chi connectivity index (χ4v) is 7.31. The summed E-state index contributed by atoms with van der Waals surface area (Å²) < 4.78 is 76.6. The van der Waals surface area contributed by atoms with Crippen LogP contribution in [0, 0.1) is 0 Å². The predicted octanol–water partition coefficient (Wildman–Crippen LogP) is 9.64. The summed E-state index contributed by atoms with van der Waals surface area (Å²) in [6.07, 6.45) is -3.05. The maximum Gasteiger partial charge on any atom is 0.573 e. The van der Waals surface area contributed by atoms with Crippen molar-refractivity contribution >= 4 is 5.69 Å². The summed E-state index contributed by atoms with van der Waals surface area (Å²) in [6, 6.07) is 30.6. The second-order valence-corrected chi connectivity index (χ2v) is 13.4. The van der Waals surface area contributed by atoms with Crippen molar-refractivity contribution in [2.24, 2.45) is 0 Å². The van der Waals surface area contributed by atoms with Crippen LogP contribution in [0.15, 0.2) is 97.1 Å². The minimum Gasteiger partial charge on any atom is -0.493 e. The molecule has 5 aromatic rings. The van der Waals surface area contributed by atoms with Gasteiger partial charge in [0.05, 0.1) is 42.7 Å². The molecule has 0 saturated carbocycles. The zero-order chi connectivity index (χ0) is 39.8. The highest BCUT2D eigenvalue weighted by atomic mass is 19.4. The number of piperidine rings is 1. The molecule has 1 fully saturated rings. The van der Waals surface area contributed by atoms with Gasteiger partial charge in [-0.1, -0.05) is 36.4 Å². The lowest BCUT2D eigenvalue weighted by Crippen LogP contribution is -2.44. The number of halogens is 3. The molecule has 0 aliphatic carbocycles. The lowest BCUT2D eigenvalue weighted by atomic mass is 9.98. The topological polar surface area (TPSA) is 71.1 Å². The molecule has 56 heavy (non-hydrogen) atoms. The molecular weight excluding hydrogens is 725 g/mol. The quantitative estimate of drug-likeness (QED) is 0.104. The standard InChI is InChI=1S/C44H47F3N2O7/c1-50-38-23-33(24-39(51-2)42(38)54-5)31-11-7-9-29(21-31)27-48-19-17-36(18-20-48)49(35-13-15-37(16-14-35)56-44(45,46)47)28-30-10-8-12-32(22-30)34-25-40(52-3)43(55-6)41(26-34)53-4/h7-16,21-26,36H,17-20,27-28H2,1-6H3. The molecule has 296 valence electrons. The molecule has 1 saturated heterocycles. The number of rotatable bonds is 15. The van der Waals surface area contributed by atoms with Crippen LogP contribution in [0.1, 0.15) is 24.0 Å². The second kappa shape index (κ2) is 17.8. The number of hydrogen-bond acceptors (Lipinski definition) is 9. The molecule has 0 amide bonds. The average molecular weight is 773 g/mol. The molecule has 9 nitrogen and oxygen atoms in total. The average Bonchev–Trinajstić information content (AvgIpc) is 3.22. The highest BCUT2D eigenvalue weighted by Gasteiger charge is 2.31. The van der Waals surface area contributed by atoms with Crippen LogP contribution in [0.4, 0.5) is 18.9 Å². The summed E-state index contributed by atoms with van der Waals surface area (Å²) in [5.74, 6) is 3.09. The minimum atomic E-state index is -4.77. The van der Waals surface area contributed by atoms with Gasteiger partial charge in [0.1, 0.15) is 5.75 Å². The Hall–Kier alpha value is -5.75. The third kappa shape index (κ3) is 9.36. The van der Waals surface area contributed by atoms with Crippen LogP contribution in [0.5, 0.6) is 40.2 Å². The first-order valence-electron chi connectivity index (χ1n) is 18.2. The van der Waals surface area contributed by atoms with Gasteiger partial charge in [0.15, 0.2) is 23.0 Å². The number of alkyl halides is 3. The van der Waals surface area contributed by atoms with Crippen molar-refractivity contribution in [1.29, 1.82) is 0 Å². The molecule has 6 rings (SSSR count). The molecule has 0 aromatic heterocycles. The van der Waals surface area contributed by atoms with Gasteiger partial charge in [0.25, 0.3) is 0 Å². The van der Waals surface area contributed by atoms with Crippen LogP contribution in [0.25, 0.3) is 22.3 Å². The highest BCUT2D eigenvalue weighted by Crippen LogP contribution is 2.43. The van der Waals surface area contributed by atoms with Crippen molar-refractivity contribution in [1.82, 2.24) is 4.90 Å². The Morgan fingerprint density at radius 2 is 1.04 bits per heavy atom. The molecule has 0 spiro atoms. The van der Waals surface area contributed by atoms with Gasteiger partial charge in [-0.3, -0.25) is 4.90 Å². The van der Waals surface area contributed by atoms with E-state index in [0.29, 0.717) is 41.0 Å². The van der Waals surface area contributed by atoms with Crippen molar-refractivity contribution < 1.29 is 46.3 Å². The fraction of sp³-hybridized carbons (Fsp3) is 0.318. The number of methoxy groups -OCH3 is 6. The highest BCUT2D eigenvalue weighted by molar-refractivity contribution is 5.73. The van der Waals surface area contributed by atoms with E-state index in [1.54, 1.807) is 54.8 Å². The van der Waals surface area contributed by atoms with Crippen LogP contribution in [0.3, 0.4) is 0 Å². The maximum absolute atomic E-state index is 13.0. The van der Waals surface area contributed by atoms with Crippen LogP contribution in [-0.4, -0.2) is 73.1 Å². The molecule has 0 N–H and O–H groups in total. The lowest BCUT2D eigenvalue weighted by molar-refractivity contribution is -0.274. The Morgan fingerprint density at radius 3 is 1.48 bits per heavy atom. The summed E-state index contributed by atoms with van der Waals surface area (Å²) in [7, 11) is 9.53. The summed E-state index contributed by atoms with van der Waals surface area (Å²) in [6.45, 7) is 3.00. The van der Waals surface area contributed by atoms with E-state index in [9.17, 15) is 13.2 Å². The van der Waals surface area contributed by atoms with Crippen molar-refractivity contribution in [3.05, 3.63) is 108 Å². The largest absolute Gasteiger partial charge is 0.573 e. The number of nitrogens with zero attached hydrogens (tertiary/aromatic N) is 2. The van der Waals surface area contributed by atoms with Crippen LogP contribution >= 0.6 is 0 Å².